The fraction of sp³-hybridized carbons (Fsp3) is 0.500. The van der Waals surface area contributed by atoms with Gasteiger partial charge in [-0.05, 0) is 49.3 Å². The van der Waals surface area contributed by atoms with Gasteiger partial charge in [0.05, 0.1) is 6.20 Å². The van der Waals surface area contributed by atoms with E-state index in [1.54, 1.807) is 0 Å². The number of aromatic nitrogens is 3. The van der Waals surface area contributed by atoms with Gasteiger partial charge in [0.15, 0.2) is 5.65 Å². The van der Waals surface area contributed by atoms with Crippen molar-refractivity contribution in [2.24, 2.45) is 0 Å². The zero-order chi connectivity index (χ0) is 21.0. The number of nitrogens with zero attached hydrogens (tertiary/aromatic N) is 4. The van der Waals surface area contributed by atoms with Gasteiger partial charge in [-0.15, -0.1) is 0 Å². The number of anilines is 3. The summed E-state index contributed by atoms with van der Waals surface area (Å²) < 4.78 is 1.98. The van der Waals surface area contributed by atoms with Crippen LogP contribution in [0.5, 0.6) is 0 Å². The molecule has 0 spiro atoms. The molecule has 0 aliphatic carbocycles. The van der Waals surface area contributed by atoms with Crippen molar-refractivity contribution in [1.82, 2.24) is 14.6 Å². The molecule has 0 fully saturated rings. The molecule has 0 bridgehead atoms. The van der Waals surface area contributed by atoms with Gasteiger partial charge >= 0.3 is 0 Å². The van der Waals surface area contributed by atoms with Gasteiger partial charge < -0.3 is 10.2 Å². The maximum atomic E-state index is 4.90. The second kappa shape index (κ2) is 9.29. The summed E-state index contributed by atoms with van der Waals surface area (Å²) in [6, 6.07) is 8.71. The molecule has 0 aliphatic heterocycles. The lowest BCUT2D eigenvalue weighted by atomic mass is 9.97. The van der Waals surface area contributed by atoms with Crippen LogP contribution in [-0.4, -0.2) is 27.7 Å². The SMILES string of the molecule is CCCN(CCC)c1c(C)c(Nc2ccc(CC)cc2C(C)C)nc2ccnn12. The number of nitrogens with one attached hydrogen (secondary N) is 1. The van der Waals surface area contributed by atoms with Gasteiger partial charge in [-0.1, -0.05) is 46.8 Å². The fourth-order valence-electron chi connectivity index (χ4n) is 3.91. The minimum Gasteiger partial charge on any atom is -0.356 e. The van der Waals surface area contributed by atoms with Crippen molar-refractivity contribution in [1.29, 1.82) is 0 Å². The Kier molecular flexibility index (Phi) is 6.78. The van der Waals surface area contributed by atoms with Crippen molar-refractivity contribution in [3.8, 4) is 0 Å². The van der Waals surface area contributed by atoms with Crippen molar-refractivity contribution in [3.63, 3.8) is 0 Å². The van der Waals surface area contributed by atoms with Crippen LogP contribution in [0, 0.1) is 6.92 Å². The summed E-state index contributed by atoms with van der Waals surface area (Å²) in [6.07, 6.45) is 5.08. The van der Waals surface area contributed by atoms with Crippen molar-refractivity contribution in [3.05, 3.63) is 47.2 Å². The molecule has 0 unspecified atom stereocenters. The number of hydrogen-bond donors (Lipinski definition) is 1. The number of fused-ring (bicyclic) bond motifs is 1. The third-order valence-electron chi connectivity index (χ3n) is 5.43. The van der Waals surface area contributed by atoms with E-state index in [0.717, 1.165) is 60.9 Å². The topological polar surface area (TPSA) is 45.5 Å². The molecule has 0 saturated heterocycles. The molecule has 5 nitrogen and oxygen atoms in total. The minimum atomic E-state index is 0.444. The van der Waals surface area contributed by atoms with E-state index in [2.05, 4.69) is 75.1 Å². The molecular formula is C24H35N5. The van der Waals surface area contributed by atoms with Crippen LogP contribution in [0.25, 0.3) is 5.65 Å². The van der Waals surface area contributed by atoms with Gasteiger partial charge in [0.2, 0.25) is 0 Å². The number of hydrogen-bond acceptors (Lipinski definition) is 4. The zero-order valence-corrected chi connectivity index (χ0v) is 18.8. The predicted molar refractivity (Wildman–Crippen MR) is 124 cm³/mol. The van der Waals surface area contributed by atoms with Crippen molar-refractivity contribution in [2.45, 2.75) is 66.7 Å². The predicted octanol–water partition coefficient (Wildman–Crippen LogP) is 6.09. The standard InChI is InChI=1S/C24H35N5/c1-7-14-28(15-8-2)24-18(6)23(27-22-12-13-25-29(22)24)26-21-11-10-19(9-3)16-20(21)17(4)5/h10-13,16-17H,7-9,14-15H2,1-6H3,(H,26,27). The first-order chi connectivity index (χ1) is 14.0. The molecule has 3 aromatic rings. The van der Waals surface area contributed by atoms with Crippen molar-refractivity contribution < 1.29 is 0 Å². The molecule has 3 rings (SSSR count). The normalized spacial score (nSPS) is 11.4. The van der Waals surface area contributed by atoms with Gasteiger partial charge in [0.25, 0.3) is 0 Å². The fourth-order valence-corrected chi connectivity index (χ4v) is 3.91. The van der Waals surface area contributed by atoms with E-state index in [-0.39, 0.29) is 0 Å². The summed E-state index contributed by atoms with van der Waals surface area (Å²) in [6.45, 7) is 15.3. The second-order valence-electron chi connectivity index (χ2n) is 8.05. The first kappa shape index (κ1) is 21.2. The van der Waals surface area contributed by atoms with E-state index in [4.69, 9.17) is 4.98 Å². The Hall–Kier alpha value is -2.56. The summed E-state index contributed by atoms with van der Waals surface area (Å²) >= 11 is 0. The zero-order valence-electron chi connectivity index (χ0n) is 18.8. The molecule has 29 heavy (non-hydrogen) atoms. The van der Waals surface area contributed by atoms with Crippen LogP contribution in [-0.2, 0) is 6.42 Å². The largest absolute Gasteiger partial charge is 0.356 e. The quantitative estimate of drug-likeness (QED) is 0.477. The molecule has 1 aromatic carbocycles. The summed E-state index contributed by atoms with van der Waals surface area (Å²) in [4.78, 5) is 7.34. The van der Waals surface area contributed by atoms with Crippen LogP contribution in [0.15, 0.2) is 30.5 Å². The maximum Gasteiger partial charge on any atom is 0.159 e. The van der Waals surface area contributed by atoms with Crippen LogP contribution in [0.2, 0.25) is 0 Å². The lowest BCUT2D eigenvalue weighted by Gasteiger charge is -2.27. The second-order valence-corrected chi connectivity index (χ2v) is 8.05. The average molecular weight is 394 g/mol. The molecular weight excluding hydrogens is 358 g/mol. The molecule has 1 N–H and O–H groups in total. The molecule has 0 amide bonds. The molecule has 0 atom stereocenters. The van der Waals surface area contributed by atoms with Crippen LogP contribution in [0.1, 0.15) is 70.1 Å². The van der Waals surface area contributed by atoms with Crippen LogP contribution in [0.4, 0.5) is 17.3 Å². The number of benzene rings is 1. The Morgan fingerprint density at radius 3 is 2.41 bits per heavy atom. The Balaban J connectivity index is 2.10. The third kappa shape index (κ3) is 4.39. The van der Waals surface area contributed by atoms with Crippen molar-refractivity contribution >= 4 is 23.0 Å². The smallest absolute Gasteiger partial charge is 0.159 e. The Bertz CT molecular complexity index is 951. The number of aryl methyl sites for hydroxylation is 1. The summed E-state index contributed by atoms with van der Waals surface area (Å²) in [5, 5.41) is 8.22. The van der Waals surface area contributed by atoms with E-state index < -0.39 is 0 Å². The maximum absolute atomic E-state index is 4.90. The third-order valence-corrected chi connectivity index (χ3v) is 5.43. The van der Waals surface area contributed by atoms with Gasteiger partial charge in [-0.2, -0.15) is 9.61 Å². The van der Waals surface area contributed by atoms with Gasteiger partial charge in [0.1, 0.15) is 11.6 Å². The van der Waals surface area contributed by atoms with E-state index in [0.29, 0.717) is 5.92 Å². The van der Waals surface area contributed by atoms with Crippen LogP contribution < -0.4 is 10.2 Å². The highest BCUT2D eigenvalue weighted by atomic mass is 15.4. The van der Waals surface area contributed by atoms with E-state index >= 15 is 0 Å². The molecule has 0 radical (unpaired) electrons. The summed E-state index contributed by atoms with van der Waals surface area (Å²) in [5.41, 5.74) is 5.85. The molecule has 2 aromatic heterocycles. The monoisotopic (exact) mass is 393 g/mol. The Labute approximate surface area is 175 Å². The highest BCUT2D eigenvalue weighted by molar-refractivity contribution is 5.71. The van der Waals surface area contributed by atoms with E-state index in [1.807, 2.05) is 16.8 Å². The lowest BCUT2D eigenvalue weighted by molar-refractivity contribution is 0.712. The first-order valence-corrected chi connectivity index (χ1v) is 11.0. The van der Waals surface area contributed by atoms with Crippen LogP contribution >= 0.6 is 0 Å². The van der Waals surface area contributed by atoms with Crippen LogP contribution in [0.3, 0.4) is 0 Å². The van der Waals surface area contributed by atoms with E-state index in [9.17, 15) is 0 Å². The molecule has 2 heterocycles. The molecule has 0 saturated carbocycles. The molecule has 0 aliphatic rings. The minimum absolute atomic E-state index is 0.444. The van der Waals surface area contributed by atoms with E-state index in [1.165, 1.54) is 11.1 Å². The summed E-state index contributed by atoms with van der Waals surface area (Å²) in [7, 11) is 0. The molecule has 156 valence electrons. The first-order valence-electron chi connectivity index (χ1n) is 11.0. The summed E-state index contributed by atoms with van der Waals surface area (Å²) in [5.74, 6) is 2.50. The Morgan fingerprint density at radius 1 is 1.07 bits per heavy atom. The number of rotatable bonds is 9. The van der Waals surface area contributed by atoms with Gasteiger partial charge in [-0.3, -0.25) is 0 Å². The lowest BCUT2D eigenvalue weighted by Crippen LogP contribution is -2.28. The highest BCUT2D eigenvalue weighted by Crippen LogP contribution is 2.32. The van der Waals surface area contributed by atoms with Crippen molar-refractivity contribution in [2.75, 3.05) is 23.3 Å². The highest BCUT2D eigenvalue weighted by Gasteiger charge is 2.19. The Morgan fingerprint density at radius 2 is 1.79 bits per heavy atom. The molecule has 5 heteroatoms. The van der Waals surface area contributed by atoms with Gasteiger partial charge in [-0.25, -0.2) is 4.98 Å². The average Bonchev–Trinajstić information content (AvgIpc) is 3.16. The van der Waals surface area contributed by atoms with Gasteiger partial charge in [0, 0.05) is 30.4 Å².